The number of anilines is 2. The summed E-state index contributed by atoms with van der Waals surface area (Å²) in [6, 6.07) is 54.9. The second-order valence-corrected chi connectivity index (χ2v) is 41.2. The van der Waals surface area contributed by atoms with E-state index in [1.807, 2.05) is 212 Å². The van der Waals surface area contributed by atoms with Crippen molar-refractivity contribution in [2.75, 3.05) is 146 Å². The number of carbonyl (C=O) groups excluding carboxylic acids is 8. The fraction of sp³-hybridized carbons (Fsp3) is 0.354. The average Bonchev–Trinajstić information content (AvgIpc) is 1.48. The monoisotopic (exact) mass is 2060 g/mol. The fourth-order valence-corrected chi connectivity index (χ4v) is 22.5. The van der Waals surface area contributed by atoms with E-state index < -0.39 is 42.7 Å². The number of aromatic hydroxyl groups is 1. The molecule has 10 N–H and O–H groups in total. The van der Waals surface area contributed by atoms with Crippen LogP contribution in [0.3, 0.4) is 0 Å². The third-order valence-corrected chi connectivity index (χ3v) is 30.6. The van der Waals surface area contributed by atoms with Gasteiger partial charge in [0.2, 0.25) is 17.8 Å². The minimum atomic E-state index is -1.60. The van der Waals surface area contributed by atoms with E-state index in [1.165, 1.54) is 7.11 Å². The van der Waals surface area contributed by atoms with E-state index in [1.54, 1.807) is 71.4 Å². The first-order valence-electron chi connectivity index (χ1n) is 49.1. The lowest BCUT2D eigenvalue weighted by molar-refractivity contribution is -0.277. The summed E-state index contributed by atoms with van der Waals surface area (Å²) < 4.78 is 45.8. The number of hydrogen-bond donors (Lipinski definition) is 10. The maximum absolute atomic E-state index is 14.2. The number of amides is 4. The Morgan fingerprint density at radius 1 is 0.514 bits per heavy atom. The molecular weight excluding hydrogens is 1930 g/mol. The Balaban J connectivity index is 0.000000167. The molecular formula is C113H130Cl2N12O21. The fourth-order valence-electron chi connectivity index (χ4n) is 22.1. The molecule has 8 aliphatic rings. The van der Waals surface area contributed by atoms with Gasteiger partial charge < -0.3 is 123 Å². The molecule has 4 fully saturated rings. The van der Waals surface area contributed by atoms with Crippen molar-refractivity contribution < 1.29 is 109 Å². The molecule has 4 amide bonds. The van der Waals surface area contributed by atoms with Gasteiger partial charge in [0.05, 0.1) is 50.5 Å². The number of phenols is 1. The number of methoxy groups -OCH3 is 3. The molecule has 5 aromatic heterocycles. The van der Waals surface area contributed by atoms with Crippen LogP contribution in [-0.2, 0) is 25.2 Å². The molecule has 0 unspecified atom stereocenters. The molecule has 10 heterocycles. The van der Waals surface area contributed by atoms with Crippen molar-refractivity contribution in [1.82, 2.24) is 49.4 Å². The number of phenolic OH excluding ortho intramolecular Hbond substituents is 1. The first-order valence-corrected chi connectivity index (χ1v) is 50.0. The molecule has 3 saturated heterocycles. The third kappa shape index (κ3) is 19.0. The number of alkyl halides is 2. The molecule has 35 heteroatoms. The van der Waals surface area contributed by atoms with Crippen LogP contribution in [0.5, 0.6) is 46.0 Å². The van der Waals surface area contributed by atoms with Crippen LogP contribution in [0.4, 0.5) is 11.4 Å². The summed E-state index contributed by atoms with van der Waals surface area (Å²) >= 11 is 13.3. The Kier molecular flexibility index (Phi) is 29.5. The summed E-state index contributed by atoms with van der Waals surface area (Å²) in [5.74, 6) is 4.03. The zero-order chi connectivity index (χ0) is 105. The van der Waals surface area contributed by atoms with Gasteiger partial charge >= 0.3 is 6.15 Å². The summed E-state index contributed by atoms with van der Waals surface area (Å²) in [7, 11) is 16.6. The number of hydrogen-bond acceptors (Lipinski definition) is 24. The molecule has 0 bridgehead atoms. The Morgan fingerprint density at radius 3 is 1.47 bits per heavy atom. The maximum Gasteiger partial charge on any atom is 0.373 e. The highest BCUT2D eigenvalue weighted by Gasteiger charge is 2.73. The summed E-state index contributed by atoms with van der Waals surface area (Å²) in [6.07, 6.45) is -3.67. The Bertz CT molecular complexity index is 7650. The average molecular weight is 2060 g/mol. The van der Waals surface area contributed by atoms with Crippen molar-refractivity contribution in [3.05, 3.63) is 261 Å². The van der Waals surface area contributed by atoms with Gasteiger partial charge in [-0.2, -0.15) is 9.59 Å². The molecule has 148 heavy (non-hydrogen) atoms. The number of nitrogens with one attached hydrogen (secondary N) is 5. The van der Waals surface area contributed by atoms with Crippen molar-refractivity contribution in [2.45, 2.75) is 106 Å². The number of aromatic amines is 5. The third-order valence-electron chi connectivity index (χ3n) is 30.0. The Labute approximate surface area is 871 Å². The number of H-pyrrole nitrogens is 5. The van der Waals surface area contributed by atoms with Crippen molar-refractivity contribution >= 4 is 141 Å². The second-order valence-electron chi connectivity index (χ2n) is 39.8. The lowest BCUT2D eigenvalue weighted by atomic mass is 9.70. The molecule has 1 spiro atoms. The topological polar surface area (TPSA) is 413 Å². The molecule has 14 atom stereocenters. The van der Waals surface area contributed by atoms with Gasteiger partial charge in [0.1, 0.15) is 95.8 Å². The number of nitrogens with zero attached hydrogens (tertiary/aromatic N) is 7. The van der Waals surface area contributed by atoms with E-state index >= 15 is 0 Å². The predicted molar refractivity (Wildman–Crippen MR) is 574 cm³/mol. The number of fused-ring (bicyclic) bond motifs is 14. The van der Waals surface area contributed by atoms with Gasteiger partial charge in [-0.3, -0.25) is 28.8 Å². The van der Waals surface area contributed by atoms with Crippen LogP contribution < -0.4 is 43.0 Å². The largest absolute Gasteiger partial charge is 0.507 e. The zero-order valence-electron chi connectivity index (χ0n) is 84.8. The van der Waals surface area contributed by atoms with Gasteiger partial charge in [0, 0.05) is 182 Å². The first kappa shape index (κ1) is 104. The van der Waals surface area contributed by atoms with Crippen molar-refractivity contribution in [3.63, 3.8) is 0 Å². The van der Waals surface area contributed by atoms with Crippen molar-refractivity contribution in [2.24, 2.45) is 17.8 Å². The molecule has 5 aliphatic heterocycles. The van der Waals surface area contributed by atoms with Crippen LogP contribution in [0.1, 0.15) is 144 Å². The number of likely N-dealkylation sites (N-methyl/N-ethyl adjacent to an activating group) is 3. The molecule has 14 aromatic rings. The minimum Gasteiger partial charge on any atom is -0.507 e. The minimum absolute atomic E-state index is 0. The summed E-state index contributed by atoms with van der Waals surface area (Å²) in [4.78, 5) is 126. The second kappa shape index (κ2) is 42.1. The quantitative estimate of drug-likeness (QED) is 0.0251. The number of carbonyl (C=O) groups is 6. The number of ketones is 2. The Morgan fingerprint density at radius 2 is 0.973 bits per heavy atom. The van der Waals surface area contributed by atoms with E-state index in [-0.39, 0.29) is 88.2 Å². The van der Waals surface area contributed by atoms with E-state index in [0.717, 1.165) is 130 Å². The number of piperidine rings is 1. The maximum atomic E-state index is 14.2. The van der Waals surface area contributed by atoms with E-state index in [4.69, 9.17) is 70.7 Å². The number of aryl methyl sites for hydroxylation is 1. The van der Waals surface area contributed by atoms with Gasteiger partial charge in [-0.25, -0.2) is 0 Å². The lowest BCUT2D eigenvalue weighted by Crippen LogP contribution is -2.60. The highest BCUT2D eigenvalue weighted by Crippen LogP contribution is 2.71. The summed E-state index contributed by atoms with van der Waals surface area (Å²) in [6.45, 7) is 17.8. The van der Waals surface area contributed by atoms with E-state index in [0.29, 0.717) is 137 Å². The van der Waals surface area contributed by atoms with Gasteiger partial charge in [-0.05, 0) is 212 Å². The Hall–Kier alpha value is -14.3. The molecule has 22 rings (SSSR count). The number of benzene rings is 9. The molecule has 3 aliphatic carbocycles. The van der Waals surface area contributed by atoms with Crippen LogP contribution >= 0.6 is 23.2 Å². The molecule has 0 radical (unpaired) electrons. The van der Waals surface area contributed by atoms with Crippen LogP contribution in [0, 0.1) is 24.7 Å². The van der Waals surface area contributed by atoms with E-state index in [2.05, 4.69) is 61.6 Å². The van der Waals surface area contributed by atoms with E-state index in [9.17, 15) is 54.3 Å². The van der Waals surface area contributed by atoms with Crippen LogP contribution in [-0.4, -0.2) is 294 Å². The summed E-state index contributed by atoms with van der Waals surface area (Å²) in [5, 5.41) is 57.8. The molecule has 9 aromatic carbocycles. The first-order chi connectivity index (χ1) is 71.0. The molecule has 782 valence electrons. The molecule has 33 nitrogen and oxygen atoms in total. The van der Waals surface area contributed by atoms with Crippen molar-refractivity contribution in [1.29, 1.82) is 0 Å². The number of ether oxygens (including phenoxy) is 8. The normalized spacial score (nSPS) is 22.0. The molecule has 1 saturated carbocycles. The SMILES string of the molecule is COc1cc2cc(C(=O)N3C[C@@H](C)[C@@]4(C)C3=CC(=O)c3[nH]c(C)cc34)[nH]c2c(OC)c1OC.C[C@@H](Cl)[C@@H]1CN(C(=O)c2cc3cc(OCCN(C)C)ccc3[nH]2)c2cc(O)c3ccccc3c21.C[C@@H](Cl)[C@@H]1CN(C(=O)c2cc3cc(OCCN(C)C)ccc3[nH]2)c2cc(O[C@@H]3O[C@H](CO)[C@H](O)[C@H](O)[C@H]3O)c3ccccc3c21.C[C@H]1[C@@H]2CN(C(=O)c3cc4cc(OCCN(C)C)ccc4[nH]3)C3=CC(=O)c4ccccc4[C@@]312.O=C=O.[HH].[HH].[HH].[HH].[HH]. The number of halogens is 2. The van der Waals surface area contributed by atoms with Gasteiger partial charge in [0.15, 0.2) is 17.3 Å². The lowest BCUT2D eigenvalue weighted by Gasteiger charge is -2.39. The number of rotatable bonds is 24. The summed E-state index contributed by atoms with van der Waals surface area (Å²) in [5.41, 5.74) is 13.6. The number of aliphatic hydroxyl groups excluding tert-OH is 4. The van der Waals surface area contributed by atoms with Crippen molar-refractivity contribution in [3.8, 4) is 46.0 Å². The number of likely N-dealkylation sites (tertiary alicyclic amines) is 2. The number of aliphatic hydroxyl groups is 4. The predicted octanol–water partition coefficient (Wildman–Crippen LogP) is 16.6. The number of aromatic nitrogens is 5. The van der Waals surface area contributed by atoms with Gasteiger partial charge in [-0.15, -0.1) is 23.2 Å². The highest BCUT2D eigenvalue weighted by atomic mass is 35.5. The van der Waals surface area contributed by atoms with Crippen LogP contribution in [0.2, 0.25) is 0 Å². The van der Waals surface area contributed by atoms with Crippen LogP contribution in [0.15, 0.2) is 199 Å². The number of allylic oxidation sites excluding steroid dienone is 4. The zero-order valence-corrected chi connectivity index (χ0v) is 86.3. The van der Waals surface area contributed by atoms with Crippen LogP contribution in [0.25, 0.3) is 65.2 Å². The smallest absolute Gasteiger partial charge is 0.373 e. The van der Waals surface area contributed by atoms with Gasteiger partial charge in [-0.1, -0.05) is 86.6 Å². The van der Waals surface area contributed by atoms with Gasteiger partial charge in [0.25, 0.3) is 23.6 Å². The standard InChI is InChI=1S/C33H38ClN3O8.C27H28ClN3O3.C27H27N3O3.C25H27N3O5.CO2.5H2/c1-17(34)22-15-37(32(42)24-13-18-12-19(8-9-23(18)35-24)43-11-10-36(2)3)25-14-26(20-6-4-5-7-21(20)28(22)25)44-33-31(41)30(40)29(39)27(16-38)45-33;1-16(28)21-15-31(24-14-25(32)19-6-4-5-7-20(19)26(21)24)27(33)23-13-17-12-18(8-9-22(17)29-23)34-11-10-30(2)3;1-16-21-15-30(25-14-24(31)19-6-4-5-7-20(19)27(16,21)25)26(32)23-13-17-12-18(8-9-22(17)28-23)33-11-10-29(2)3;1-12-11-28(19-10-17(29)21-15(25(12,19)3)7-13(2)26-21)24(30)16-8-14-9-18(31-4)22(32-5)23(33-6)20(14)27-16;2-1-3;;;;;/h4-9,12-14,17,22,27,29-31,33,35,38-41H,10-11,15-16H2,1-3H3;4-9,12-14,16,21,29,32H,10-11,15H2,1-3H3;4-9,12-14,16,21,28H,10-11,15H2,1-3H3;7-10,12,26-27H,11H2,1-6H3;;5*1H/t17-,22+,27-,29+,30+,31-,33-;16-,21+;16-,21-,27-;12-,25-;;;;;;/m1101....../s1. The highest BCUT2D eigenvalue weighted by molar-refractivity contribution is 6.23.